The van der Waals surface area contributed by atoms with E-state index in [2.05, 4.69) is 10.6 Å². The Morgan fingerprint density at radius 2 is 2.00 bits per heavy atom. The van der Waals surface area contributed by atoms with Crippen LogP contribution in [0, 0.1) is 6.92 Å². The Balaban J connectivity index is 1.70. The number of benzene rings is 1. The number of hydrogen-bond donors (Lipinski definition) is 2. The largest absolute Gasteiger partial charge is 0.495 e. The molecule has 7 heteroatoms. The Bertz CT molecular complexity index is 710. The molecule has 1 aliphatic carbocycles. The number of nitrogens with zero attached hydrogens (tertiary/aromatic N) is 1. The quantitative estimate of drug-likeness (QED) is 0.819. The standard InChI is InChI=1S/C18H23N3O4/c1-12-6-7-14(25-2)13(10-12)19-15(22)11-21-16(23)18(20-17(21)24)8-4-3-5-9-18/h6-7,10H,3-5,8-9,11H2,1-2H3,(H,19,22)(H,20,24). The molecule has 0 unspecified atom stereocenters. The summed E-state index contributed by atoms with van der Waals surface area (Å²) in [5, 5.41) is 5.53. The zero-order valence-electron chi connectivity index (χ0n) is 14.6. The Kier molecular flexibility index (Phi) is 4.65. The van der Waals surface area contributed by atoms with Gasteiger partial charge in [-0.3, -0.25) is 14.5 Å². The smallest absolute Gasteiger partial charge is 0.325 e. The van der Waals surface area contributed by atoms with Crippen LogP contribution in [0.25, 0.3) is 0 Å². The van der Waals surface area contributed by atoms with Crippen molar-refractivity contribution in [2.24, 2.45) is 0 Å². The molecule has 2 N–H and O–H groups in total. The number of rotatable bonds is 4. The lowest BCUT2D eigenvalue weighted by Crippen LogP contribution is -2.48. The van der Waals surface area contributed by atoms with Crippen molar-refractivity contribution < 1.29 is 19.1 Å². The maximum absolute atomic E-state index is 12.7. The van der Waals surface area contributed by atoms with Gasteiger partial charge in [0.15, 0.2) is 0 Å². The molecule has 1 aliphatic heterocycles. The summed E-state index contributed by atoms with van der Waals surface area (Å²) in [5.41, 5.74) is 0.676. The number of anilines is 1. The lowest BCUT2D eigenvalue weighted by atomic mass is 9.82. The first-order valence-corrected chi connectivity index (χ1v) is 8.54. The average molecular weight is 345 g/mol. The number of hydrogen-bond acceptors (Lipinski definition) is 4. The van der Waals surface area contributed by atoms with Gasteiger partial charge in [-0.25, -0.2) is 4.79 Å². The molecule has 1 spiro atoms. The minimum Gasteiger partial charge on any atom is -0.495 e. The van der Waals surface area contributed by atoms with E-state index in [1.165, 1.54) is 7.11 Å². The fourth-order valence-corrected chi connectivity index (χ4v) is 3.57. The maximum Gasteiger partial charge on any atom is 0.325 e. The lowest BCUT2D eigenvalue weighted by molar-refractivity contribution is -0.134. The van der Waals surface area contributed by atoms with Crippen molar-refractivity contribution in [1.29, 1.82) is 0 Å². The third-order valence-electron chi connectivity index (χ3n) is 4.88. The number of carbonyl (C=O) groups is 3. The molecule has 1 aromatic rings. The van der Waals surface area contributed by atoms with Gasteiger partial charge in [0.2, 0.25) is 5.91 Å². The van der Waals surface area contributed by atoms with Crippen LogP contribution in [-0.4, -0.2) is 41.9 Å². The van der Waals surface area contributed by atoms with Crippen LogP contribution in [0.2, 0.25) is 0 Å². The zero-order chi connectivity index (χ0) is 18.0. The fourth-order valence-electron chi connectivity index (χ4n) is 3.57. The van der Waals surface area contributed by atoms with Crippen molar-refractivity contribution in [2.75, 3.05) is 19.0 Å². The number of ether oxygens (including phenoxy) is 1. The molecular formula is C18H23N3O4. The monoisotopic (exact) mass is 345 g/mol. The van der Waals surface area contributed by atoms with Crippen LogP contribution in [0.15, 0.2) is 18.2 Å². The lowest BCUT2D eigenvalue weighted by Gasteiger charge is -2.30. The first-order valence-electron chi connectivity index (χ1n) is 8.54. The molecule has 2 fully saturated rings. The van der Waals surface area contributed by atoms with Crippen LogP contribution >= 0.6 is 0 Å². The predicted octanol–water partition coefficient (Wildman–Crippen LogP) is 2.20. The molecule has 1 aromatic carbocycles. The van der Waals surface area contributed by atoms with Crippen molar-refractivity contribution in [3.8, 4) is 5.75 Å². The van der Waals surface area contributed by atoms with Crippen LogP contribution in [-0.2, 0) is 9.59 Å². The second-order valence-electron chi connectivity index (χ2n) is 6.72. The molecular weight excluding hydrogens is 322 g/mol. The van der Waals surface area contributed by atoms with Crippen molar-refractivity contribution in [3.05, 3.63) is 23.8 Å². The van der Waals surface area contributed by atoms with E-state index in [1.807, 2.05) is 13.0 Å². The maximum atomic E-state index is 12.7. The molecule has 2 aliphatic rings. The summed E-state index contributed by atoms with van der Waals surface area (Å²) in [6.45, 7) is 1.60. The molecule has 1 saturated heterocycles. The number of aryl methyl sites for hydroxylation is 1. The highest BCUT2D eigenvalue weighted by atomic mass is 16.5. The Hall–Kier alpha value is -2.57. The number of nitrogens with one attached hydrogen (secondary N) is 2. The molecule has 0 atom stereocenters. The van der Waals surface area contributed by atoms with Crippen molar-refractivity contribution >= 4 is 23.5 Å². The van der Waals surface area contributed by atoms with Crippen molar-refractivity contribution in [3.63, 3.8) is 0 Å². The highest BCUT2D eigenvalue weighted by molar-refractivity contribution is 6.10. The molecule has 7 nitrogen and oxygen atoms in total. The van der Waals surface area contributed by atoms with Crippen LogP contribution in [0.4, 0.5) is 10.5 Å². The Labute approximate surface area is 146 Å². The highest BCUT2D eigenvalue weighted by Crippen LogP contribution is 2.33. The minimum absolute atomic E-state index is 0.288. The van der Waals surface area contributed by atoms with Gasteiger partial charge in [0.05, 0.1) is 12.8 Å². The summed E-state index contributed by atoms with van der Waals surface area (Å²) >= 11 is 0. The van der Waals surface area contributed by atoms with Gasteiger partial charge in [-0.05, 0) is 37.5 Å². The van der Waals surface area contributed by atoms with Crippen LogP contribution in [0.5, 0.6) is 5.75 Å². The molecule has 1 saturated carbocycles. The normalized spacial score (nSPS) is 19.0. The molecule has 0 radical (unpaired) electrons. The van der Waals surface area contributed by atoms with Crippen LogP contribution in [0.3, 0.4) is 0 Å². The number of imide groups is 1. The molecule has 4 amide bonds. The molecule has 3 rings (SSSR count). The highest BCUT2D eigenvalue weighted by Gasteiger charge is 2.51. The summed E-state index contributed by atoms with van der Waals surface area (Å²) in [5.74, 6) is -0.191. The summed E-state index contributed by atoms with van der Waals surface area (Å²) in [6.07, 6.45) is 4.17. The topological polar surface area (TPSA) is 87.7 Å². The zero-order valence-corrected chi connectivity index (χ0v) is 14.6. The van der Waals surface area contributed by atoms with Gasteiger partial charge in [0.25, 0.3) is 5.91 Å². The number of urea groups is 1. The van der Waals surface area contributed by atoms with E-state index >= 15 is 0 Å². The van der Waals surface area contributed by atoms with E-state index in [4.69, 9.17) is 4.74 Å². The Morgan fingerprint density at radius 1 is 1.28 bits per heavy atom. The van der Waals surface area contributed by atoms with Crippen molar-refractivity contribution in [1.82, 2.24) is 10.2 Å². The number of methoxy groups -OCH3 is 1. The molecule has 0 aromatic heterocycles. The van der Waals surface area contributed by atoms with Crippen LogP contribution < -0.4 is 15.4 Å². The van der Waals surface area contributed by atoms with Crippen molar-refractivity contribution in [2.45, 2.75) is 44.6 Å². The van der Waals surface area contributed by atoms with Gasteiger partial charge in [-0.2, -0.15) is 0 Å². The van der Waals surface area contributed by atoms with E-state index in [1.54, 1.807) is 12.1 Å². The number of amides is 4. The third kappa shape index (κ3) is 3.31. The average Bonchev–Trinajstić information content (AvgIpc) is 2.80. The summed E-state index contributed by atoms with van der Waals surface area (Å²) in [7, 11) is 1.52. The Morgan fingerprint density at radius 3 is 2.68 bits per heavy atom. The summed E-state index contributed by atoms with van der Waals surface area (Å²) in [6, 6.07) is 4.93. The third-order valence-corrected chi connectivity index (χ3v) is 4.88. The van der Waals surface area contributed by atoms with Gasteiger partial charge in [0.1, 0.15) is 17.8 Å². The van der Waals surface area contributed by atoms with E-state index in [9.17, 15) is 14.4 Å². The SMILES string of the molecule is COc1ccc(C)cc1NC(=O)CN1C(=O)NC2(CCCCC2)C1=O. The molecule has 0 bridgehead atoms. The molecule has 25 heavy (non-hydrogen) atoms. The molecule has 1 heterocycles. The van der Waals surface area contributed by atoms with Gasteiger partial charge in [0, 0.05) is 0 Å². The summed E-state index contributed by atoms with van der Waals surface area (Å²) < 4.78 is 5.23. The van der Waals surface area contributed by atoms with E-state index in [0.29, 0.717) is 24.3 Å². The second kappa shape index (κ2) is 6.74. The first kappa shape index (κ1) is 17.3. The van der Waals surface area contributed by atoms with Gasteiger partial charge in [-0.1, -0.05) is 25.3 Å². The van der Waals surface area contributed by atoms with E-state index in [-0.39, 0.29) is 12.5 Å². The van der Waals surface area contributed by atoms with E-state index in [0.717, 1.165) is 29.7 Å². The minimum atomic E-state index is -0.809. The van der Waals surface area contributed by atoms with E-state index < -0.39 is 17.5 Å². The van der Waals surface area contributed by atoms with Gasteiger partial charge >= 0.3 is 6.03 Å². The van der Waals surface area contributed by atoms with Gasteiger partial charge in [-0.15, -0.1) is 0 Å². The fraction of sp³-hybridized carbons (Fsp3) is 0.500. The predicted molar refractivity (Wildman–Crippen MR) is 92.4 cm³/mol. The van der Waals surface area contributed by atoms with Gasteiger partial charge < -0.3 is 15.4 Å². The second-order valence-corrected chi connectivity index (χ2v) is 6.72. The number of carbonyl (C=O) groups excluding carboxylic acids is 3. The molecule has 134 valence electrons. The first-order chi connectivity index (χ1) is 11.9. The van der Waals surface area contributed by atoms with Crippen LogP contribution in [0.1, 0.15) is 37.7 Å². The summed E-state index contributed by atoms with van der Waals surface area (Å²) in [4.78, 5) is 38.3.